The van der Waals surface area contributed by atoms with Gasteiger partial charge in [-0.05, 0) is 62.6 Å². The third-order valence-corrected chi connectivity index (χ3v) is 8.16. The number of hydrogen-bond donors (Lipinski definition) is 1. The highest BCUT2D eigenvalue weighted by Crippen LogP contribution is 2.27. The molecule has 0 saturated carbocycles. The molecule has 2 saturated heterocycles. The maximum atomic E-state index is 13.0. The third kappa shape index (κ3) is 5.90. The molecule has 2 aliphatic rings. The van der Waals surface area contributed by atoms with Crippen LogP contribution >= 0.6 is 11.3 Å². The van der Waals surface area contributed by atoms with Crippen molar-refractivity contribution in [3.63, 3.8) is 0 Å². The van der Waals surface area contributed by atoms with Crippen LogP contribution in [0.25, 0.3) is 4.96 Å². The number of carbonyl (C=O) groups is 1. The molecule has 1 unspecified atom stereocenters. The summed E-state index contributed by atoms with van der Waals surface area (Å²) >= 11 is 1.38. The van der Waals surface area contributed by atoms with Crippen molar-refractivity contribution in [3.05, 3.63) is 58.0 Å². The largest absolute Gasteiger partial charge is 0.349 e. The lowest BCUT2D eigenvalue weighted by Gasteiger charge is -2.32. The van der Waals surface area contributed by atoms with Gasteiger partial charge in [-0.25, -0.2) is 0 Å². The van der Waals surface area contributed by atoms with Crippen LogP contribution < -0.4 is 15.8 Å². The quantitative estimate of drug-likeness (QED) is 0.544. The summed E-state index contributed by atoms with van der Waals surface area (Å²) < 4.78 is 1.53. The normalized spacial score (nSPS) is 19.8. The van der Waals surface area contributed by atoms with E-state index < -0.39 is 5.56 Å². The molecule has 2 fully saturated rings. The fourth-order valence-electron chi connectivity index (χ4n) is 5.24. The summed E-state index contributed by atoms with van der Waals surface area (Å²) in [7, 11) is 0. The highest BCUT2D eigenvalue weighted by Gasteiger charge is 2.23. The zero-order valence-electron chi connectivity index (χ0n) is 20.4. The number of fused-ring (bicyclic) bond motifs is 1. The Morgan fingerprint density at radius 3 is 2.71 bits per heavy atom. The topological polar surface area (TPSA) is 82.8 Å². The Bertz CT molecular complexity index is 1200. The van der Waals surface area contributed by atoms with E-state index >= 15 is 0 Å². The van der Waals surface area contributed by atoms with Crippen molar-refractivity contribution in [2.24, 2.45) is 11.8 Å². The van der Waals surface area contributed by atoms with E-state index in [4.69, 9.17) is 0 Å². The Hall–Kier alpha value is -2.78. The Morgan fingerprint density at radius 2 is 1.94 bits per heavy atom. The molecule has 3 aromatic rings. The molecule has 0 radical (unpaired) electrons. The van der Waals surface area contributed by atoms with Crippen molar-refractivity contribution < 1.29 is 4.79 Å². The van der Waals surface area contributed by atoms with E-state index in [1.165, 1.54) is 46.7 Å². The molecule has 1 amide bonds. The van der Waals surface area contributed by atoms with Gasteiger partial charge in [0.15, 0.2) is 0 Å². The van der Waals surface area contributed by atoms with Crippen molar-refractivity contribution in [3.8, 4) is 0 Å². The molecule has 5 rings (SSSR count). The maximum absolute atomic E-state index is 13.0. The molecule has 1 N–H and O–H groups in total. The Balaban J connectivity index is 1.15. The first-order chi connectivity index (χ1) is 17.0. The van der Waals surface area contributed by atoms with E-state index in [0.717, 1.165) is 56.6 Å². The molecule has 2 aliphatic heterocycles. The number of piperidine rings is 2. The van der Waals surface area contributed by atoms with Gasteiger partial charge >= 0.3 is 0 Å². The molecule has 35 heavy (non-hydrogen) atoms. The summed E-state index contributed by atoms with van der Waals surface area (Å²) in [6.45, 7) is 7.58. The summed E-state index contributed by atoms with van der Waals surface area (Å²) in [6.07, 6.45) is 5.85. The van der Waals surface area contributed by atoms with Crippen molar-refractivity contribution >= 4 is 27.3 Å². The molecule has 4 heterocycles. The molecule has 0 bridgehead atoms. The monoisotopic (exact) mass is 494 g/mol. The van der Waals surface area contributed by atoms with Crippen LogP contribution in [-0.4, -0.2) is 64.7 Å². The van der Waals surface area contributed by atoms with Gasteiger partial charge in [-0.2, -0.15) is 9.50 Å². The molecule has 0 aliphatic carbocycles. The average molecular weight is 495 g/mol. The maximum Gasteiger partial charge on any atom is 0.274 e. The number of anilines is 1. The van der Waals surface area contributed by atoms with Crippen LogP contribution in [0.3, 0.4) is 0 Å². The molecular formula is C26H34N6O2S. The SMILES string of the molecule is CC1CCCN(c2nn3c(C(=O)NCCN4CCC(Cc5ccccc5)CC4)cc(=O)nc3s2)C1. The summed E-state index contributed by atoms with van der Waals surface area (Å²) in [5.74, 6) is 1.05. The second kappa shape index (κ2) is 10.9. The van der Waals surface area contributed by atoms with Crippen LogP contribution in [-0.2, 0) is 6.42 Å². The lowest BCUT2D eigenvalue weighted by atomic mass is 9.90. The van der Waals surface area contributed by atoms with Gasteiger partial charge in [0.2, 0.25) is 10.1 Å². The fraction of sp³-hybridized carbons (Fsp3) is 0.538. The van der Waals surface area contributed by atoms with Crippen molar-refractivity contribution in [1.29, 1.82) is 0 Å². The third-order valence-electron chi connectivity index (χ3n) is 7.19. The van der Waals surface area contributed by atoms with Gasteiger partial charge in [0.1, 0.15) is 5.69 Å². The van der Waals surface area contributed by atoms with Gasteiger partial charge in [-0.15, -0.1) is 5.10 Å². The Morgan fingerprint density at radius 1 is 1.14 bits per heavy atom. The second-order valence-electron chi connectivity index (χ2n) is 9.98. The minimum absolute atomic E-state index is 0.258. The fourth-order valence-corrected chi connectivity index (χ4v) is 6.18. The van der Waals surface area contributed by atoms with Crippen molar-refractivity contribution in [2.75, 3.05) is 44.2 Å². The van der Waals surface area contributed by atoms with Crippen LogP contribution in [0, 0.1) is 11.8 Å². The number of likely N-dealkylation sites (tertiary alicyclic amines) is 1. The first kappa shape index (κ1) is 23.9. The summed E-state index contributed by atoms with van der Waals surface area (Å²) in [5, 5.41) is 8.48. The van der Waals surface area contributed by atoms with E-state index in [0.29, 0.717) is 17.4 Å². The van der Waals surface area contributed by atoms with E-state index in [9.17, 15) is 9.59 Å². The van der Waals surface area contributed by atoms with Gasteiger partial charge in [-0.3, -0.25) is 9.59 Å². The van der Waals surface area contributed by atoms with Crippen LogP contribution in [0.4, 0.5) is 5.13 Å². The van der Waals surface area contributed by atoms with Crippen LogP contribution in [0.15, 0.2) is 41.2 Å². The van der Waals surface area contributed by atoms with Crippen molar-refractivity contribution in [1.82, 2.24) is 24.8 Å². The number of nitrogens with zero attached hydrogens (tertiary/aromatic N) is 5. The molecule has 8 nitrogen and oxygen atoms in total. The lowest BCUT2D eigenvalue weighted by molar-refractivity contribution is 0.0936. The summed E-state index contributed by atoms with van der Waals surface area (Å²) in [4.78, 5) is 34.4. The molecule has 9 heteroatoms. The highest BCUT2D eigenvalue weighted by molar-refractivity contribution is 7.20. The van der Waals surface area contributed by atoms with Gasteiger partial charge in [-0.1, -0.05) is 48.6 Å². The number of benzene rings is 1. The zero-order chi connectivity index (χ0) is 24.2. The molecule has 1 atom stereocenters. The van der Waals surface area contributed by atoms with Gasteiger partial charge in [0.05, 0.1) is 0 Å². The van der Waals surface area contributed by atoms with Crippen LogP contribution in [0.5, 0.6) is 0 Å². The first-order valence-corrected chi connectivity index (χ1v) is 13.6. The lowest BCUT2D eigenvalue weighted by Crippen LogP contribution is -2.40. The highest BCUT2D eigenvalue weighted by atomic mass is 32.1. The van der Waals surface area contributed by atoms with E-state index in [-0.39, 0.29) is 11.6 Å². The zero-order valence-corrected chi connectivity index (χ0v) is 21.2. The Kier molecular flexibility index (Phi) is 7.43. The number of aromatic nitrogens is 3. The average Bonchev–Trinajstić information content (AvgIpc) is 3.29. The Labute approximate surface area is 210 Å². The van der Waals surface area contributed by atoms with Gasteiger partial charge < -0.3 is 15.1 Å². The van der Waals surface area contributed by atoms with Crippen LogP contribution in [0.2, 0.25) is 0 Å². The number of nitrogens with one attached hydrogen (secondary N) is 1. The molecule has 186 valence electrons. The van der Waals surface area contributed by atoms with E-state index in [1.54, 1.807) is 0 Å². The summed E-state index contributed by atoms with van der Waals surface area (Å²) in [6, 6.07) is 12.0. The number of carbonyl (C=O) groups excluding carboxylic acids is 1. The predicted molar refractivity (Wildman–Crippen MR) is 139 cm³/mol. The van der Waals surface area contributed by atoms with Gasteiger partial charge in [0, 0.05) is 32.2 Å². The molecule has 1 aromatic carbocycles. The van der Waals surface area contributed by atoms with Crippen molar-refractivity contribution in [2.45, 2.75) is 39.0 Å². The number of rotatable bonds is 7. The molecular weight excluding hydrogens is 460 g/mol. The first-order valence-electron chi connectivity index (χ1n) is 12.8. The number of amides is 1. The van der Waals surface area contributed by atoms with Gasteiger partial charge in [0.25, 0.3) is 11.5 Å². The predicted octanol–water partition coefficient (Wildman–Crippen LogP) is 3.07. The van der Waals surface area contributed by atoms with E-state index in [2.05, 4.69) is 62.5 Å². The second-order valence-corrected chi connectivity index (χ2v) is 10.9. The minimum Gasteiger partial charge on any atom is -0.349 e. The molecule has 0 spiro atoms. The molecule has 2 aromatic heterocycles. The van der Waals surface area contributed by atoms with Crippen LogP contribution in [0.1, 0.15) is 48.7 Å². The minimum atomic E-state index is -0.405. The standard InChI is InChI=1S/C26H34N6O2S/c1-19-6-5-12-31(18-19)26-29-32-22(17-23(33)28-25(32)35-26)24(34)27-11-15-30-13-9-21(10-14-30)16-20-7-3-2-4-8-20/h2-4,7-8,17,19,21H,5-6,9-16,18H2,1H3,(H,27,34). The summed E-state index contributed by atoms with van der Waals surface area (Å²) in [5.41, 5.74) is 1.27. The van der Waals surface area contributed by atoms with E-state index in [1.807, 2.05) is 0 Å². The smallest absolute Gasteiger partial charge is 0.274 e. The number of hydrogen-bond acceptors (Lipinski definition) is 7.